The number of hydrogen-bond donors (Lipinski definition) is 0. The number of hydrogen-bond acceptors (Lipinski definition) is 6. The average Bonchev–Trinajstić information content (AvgIpc) is 2.93. The first-order valence-corrected chi connectivity index (χ1v) is 8.77. The molecule has 0 unspecified atom stereocenters. The number of carbonyl (C=O) groups excluding carboxylic acids is 1. The van der Waals surface area contributed by atoms with E-state index in [1.54, 1.807) is 23.3 Å². The lowest BCUT2D eigenvalue weighted by atomic mass is 10.0. The van der Waals surface area contributed by atoms with Gasteiger partial charge in [-0.25, -0.2) is 9.78 Å². The fourth-order valence-corrected chi connectivity index (χ4v) is 3.39. The van der Waals surface area contributed by atoms with Crippen LogP contribution in [0.15, 0.2) is 6.20 Å². The average molecular weight is 341 g/mol. The molecule has 1 aromatic rings. The SMILES string of the molecule is COc1ncc(CN2CCC(N(C)C(=O)OC(C)(C)C)CC2)s1. The van der Waals surface area contributed by atoms with Crippen LogP contribution in [0.5, 0.6) is 5.19 Å². The molecular formula is C16H27N3O3S. The molecule has 23 heavy (non-hydrogen) atoms. The van der Waals surface area contributed by atoms with E-state index in [2.05, 4.69) is 9.88 Å². The molecule has 0 saturated carbocycles. The van der Waals surface area contributed by atoms with Gasteiger partial charge in [-0.1, -0.05) is 11.3 Å². The summed E-state index contributed by atoms with van der Waals surface area (Å²) in [7, 11) is 3.48. The smallest absolute Gasteiger partial charge is 0.410 e. The maximum atomic E-state index is 12.1. The molecule has 2 heterocycles. The number of rotatable bonds is 4. The predicted octanol–water partition coefficient (Wildman–Crippen LogP) is 2.98. The molecule has 0 aromatic carbocycles. The lowest BCUT2D eigenvalue weighted by Crippen LogP contribution is -2.46. The zero-order valence-corrected chi connectivity index (χ0v) is 15.5. The van der Waals surface area contributed by atoms with Gasteiger partial charge in [0.15, 0.2) is 0 Å². The molecule has 0 N–H and O–H groups in total. The van der Waals surface area contributed by atoms with E-state index in [0.29, 0.717) is 5.19 Å². The second-order valence-electron chi connectivity index (χ2n) is 6.90. The van der Waals surface area contributed by atoms with Crippen molar-refractivity contribution in [1.29, 1.82) is 0 Å². The third kappa shape index (κ3) is 5.35. The van der Waals surface area contributed by atoms with Gasteiger partial charge in [0.1, 0.15) is 5.60 Å². The Kier molecular flexibility index (Phi) is 5.86. The summed E-state index contributed by atoms with van der Waals surface area (Å²) in [6.07, 6.45) is 3.57. The number of aromatic nitrogens is 1. The van der Waals surface area contributed by atoms with Crippen LogP contribution in [0, 0.1) is 0 Å². The van der Waals surface area contributed by atoms with Crippen LogP contribution in [0.1, 0.15) is 38.5 Å². The first kappa shape index (κ1) is 18.0. The van der Waals surface area contributed by atoms with E-state index >= 15 is 0 Å². The van der Waals surface area contributed by atoms with Crippen molar-refractivity contribution in [1.82, 2.24) is 14.8 Å². The second kappa shape index (κ2) is 7.49. The third-order valence-corrected chi connectivity index (χ3v) is 4.82. The molecule has 0 bridgehead atoms. The van der Waals surface area contributed by atoms with Crippen LogP contribution in [-0.2, 0) is 11.3 Å². The van der Waals surface area contributed by atoms with Crippen molar-refractivity contribution in [2.24, 2.45) is 0 Å². The fraction of sp³-hybridized carbons (Fsp3) is 0.750. The summed E-state index contributed by atoms with van der Waals surface area (Å²) in [4.78, 5) is 21.7. The molecule has 1 aliphatic heterocycles. The Hall–Kier alpha value is -1.34. The van der Waals surface area contributed by atoms with Gasteiger partial charge in [0, 0.05) is 43.8 Å². The Morgan fingerprint density at radius 2 is 2.09 bits per heavy atom. The zero-order chi connectivity index (χ0) is 17.0. The molecule has 6 nitrogen and oxygen atoms in total. The minimum absolute atomic E-state index is 0.233. The summed E-state index contributed by atoms with van der Waals surface area (Å²) in [6, 6.07) is 0.247. The maximum absolute atomic E-state index is 12.1. The number of likely N-dealkylation sites (tertiary alicyclic amines) is 1. The topological polar surface area (TPSA) is 54.9 Å². The summed E-state index contributed by atoms with van der Waals surface area (Å²) >= 11 is 1.59. The summed E-state index contributed by atoms with van der Waals surface area (Å²) in [5, 5.41) is 0.708. The van der Waals surface area contributed by atoms with Gasteiger partial charge in [0.25, 0.3) is 5.19 Å². The molecule has 1 aliphatic rings. The summed E-state index contributed by atoms with van der Waals surface area (Å²) in [5.41, 5.74) is -0.447. The predicted molar refractivity (Wildman–Crippen MR) is 91.0 cm³/mol. The van der Waals surface area contributed by atoms with Crippen molar-refractivity contribution in [3.8, 4) is 5.19 Å². The van der Waals surface area contributed by atoms with Crippen molar-refractivity contribution >= 4 is 17.4 Å². The monoisotopic (exact) mass is 341 g/mol. The first-order chi connectivity index (χ1) is 10.8. The lowest BCUT2D eigenvalue weighted by molar-refractivity contribution is 0.0149. The highest BCUT2D eigenvalue weighted by molar-refractivity contribution is 7.13. The molecule has 130 valence electrons. The lowest BCUT2D eigenvalue weighted by Gasteiger charge is -2.37. The number of nitrogens with zero attached hydrogens (tertiary/aromatic N) is 3. The van der Waals surface area contributed by atoms with Crippen LogP contribution in [-0.4, -0.2) is 59.8 Å². The van der Waals surface area contributed by atoms with Gasteiger partial charge in [-0.05, 0) is 33.6 Å². The highest BCUT2D eigenvalue weighted by Gasteiger charge is 2.28. The molecule has 1 saturated heterocycles. The van der Waals surface area contributed by atoms with Crippen molar-refractivity contribution in [3.63, 3.8) is 0 Å². The van der Waals surface area contributed by atoms with Crippen LogP contribution in [0.4, 0.5) is 4.79 Å². The fourth-order valence-electron chi connectivity index (χ4n) is 2.63. The zero-order valence-electron chi connectivity index (χ0n) is 14.7. The van der Waals surface area contributed by atoms with Crippen molar-refractivity contribution < 1.29 is 14.3 Å². The number of methoxy groups -OCH3 is 1. The standard InChI is InChI=1S/C16H27N3O3S/c1-16(2,3)22-15(20)18(4)12-6-8-19(9-7-12)11-13-10-17-14(21-5)23-13/h10,12H,6-9,11H2,1-5H3. The van der Waals surface area contributed by atoms with Crippen LogP contribution in [0.2, 0.25) is 0 Å². The van der Waals surface area contributed by atoms with Gasteiger partial charge < -0.3 is 14.4 Å². The van der Waals surface area contributed by atoms with Gasteiger partial charge in [-0.15, -0.1) is 0 Å². The summed E-state index contributed by atoms with van der Waals surface area (Å²) in [6.45, 7) is 8.51. The van der Waals surface area contributed by atoms with Crippen LogP contribution >= 0.6 is 11.3 Å². The number of thiazole rings is 1. The highest BCUT2D eigenvalue weighted by Crippen LogP contribution is 2.24. The molecule has 0 aliphatic carbocycles. The van der Waals surface area contributed by atoms with Crippen molar-refractivity contribution in [2.75, 3.05) is 27.2 Å². The van der Waals surface area contributed by atoms with Gasteiger partial charge in [-0.2, -0.15) is 0 Å². The third-order valence-electron chi connectivity index (χ3n) is 3.87. The number of piperidine rings is 1. The largest absolute Gasteiger partial charge is 0.473 e. The number of ether oxygens (including phenoxy) is 2. The van der Waals surface area contributed by atoms with Crippen LogP contribution in [0.25, 0.3) is 0 Å². The molecule has 1 amide bonds. The van der Waals surface area contributed by atoms with Crippen LogP contribution < -0.4 is 4.74 Å². The van der Waals surface area contributed by atoms with Gasteiger partial charge in [0.05, 0.1) is 7.11 Å². The Morgan fingerprint density at radius 1 is 1.43 bits per heavy atom. The Balaban J connectivity index is 1.80. The van der Waals surface area contributed by atoms with E-state index in [1.165, 1.54) is 4.88 Å². The first-order valence-electron chi connectivity index (χ1n) is 7.95. The Bertz CT molecular complexity index is 519. The van der Waals surface area contributed by atoms with E-state index < -0.39 is 5.60 Å². The minimum atomic E-state index is -0.447. The Morgan fingerprint density at radius 3 is 2.61 bits per heavy atom. The number of amides is 1. The summed E-state index contributed by atoms with van der Waals surface area (Å²) in [5.74, 6) is 0. The second-order valence-corrected chi connectivity index (χ2v) is 7.97. The maximum Gasteiger partial charge on any atom is 0.410 e. The van der Waals surface area contributed by atoms with E-state index in [4.69, 9.17) is 9.47 Å². The molecule has 0 spiro atoms. The number of carbonyl (C=O) groups is 1. The Labute approximate surface area is 142 Å². The highest BCUT2D eigenvalue weighted by atomic mass is 32.1. The molecule has 1 fully saturated rings. The molecular weight excluding hydrogens is 314 g/mol. The minimum Gasteiger partial charge on any atom is -0.473 e. The van der Waals surface area contributed by atoms with E-state index in [-0.39, 0.29) is 12.1 Å². The molecule has 2 rings (SSSR count). The van der Waals surface area contributed by atoms with Crippen molar-refractivity contribution in [2.45, 2.75) is 51.8 Å². The van der Waals surface area contributed by atoms with Crippen molar-refractivity contribution in [3.05, 3.63) is 11.1 Å². The van der Waals surface area contributed by atoms with Gasteiger partial charge in [-0.3, -0.25) is 4.90 Å². The quantitative estimate of drug-likeness (QED) is 0.843. The molecule has 0 radical (unpaired) electrons. The van der Waals surface area contributed by atoms with Gasteiger partial charge in [0.2, 0.25) is 0 Å². The summed E-state index contributed by atoms with van der Waals surface area (Å²) < 4.78 is 10.6. The molecule has 7 heteroatoms. The normalized spacial score (nSPS) is 17.1. The van der Waals surface area contributed by atoms with E-state index in [9.17, 15) is 4.79 Å². The molecule has 0 atom stereocenters. The van der Waals surface area contributed by atoms with E-state index in [1.807, 2.05) is 34.0 Å². The van der Waals surface area contributed by atoms with E-state index in [0.717, 1.165) is 32.5 Å². The van der Waals surface area contributed by atoms with Crippen LogP contribution in [0.3, 0.4) is 0 Å². The molecule has 1 aromatic heterocycles. The van der Waals surface area contributed by atoms with Gasteiger partial charge >= 0.3 is 6.09 Å².